The molecule has 2 aromatic heterocycles. The molecule has 0 aliphatic carbocycles. The largest absolute Gasteiger partial charge is 0.461 e. The lowest BCUT2D eigenvalue weighted by Gasteiger charge is -1.93. The molecule has 15 heavy (non-hydrogen) atoms. The molecule has 0 spiro atoms. The summed E-state index contributed by atoms with van der Waals surface area (Å²) in [5, 5.41) is 1.10. The number of H-pyrrole nitrogens is 1. The van der Waals surface area contributed by atoms with Crippen molar-refractivity contribution < 1.29 is 4.42 Å². The third-order valence-electron chi connectivity index (χ3n) is 2.51. The van der Waals surface area contributed by atoms with E-state index in [1.165, 1.54) is 0 Å². The number of para-hydroxylation sites is 1. The van der Waals surface area contributed by atoms with Gasteiger partial charge in [0.05, 0.1) is 5.56 Å². The minimum absolute atomic E-state index is 0.859. The van der Waals surface area contributed by atoms with Crippen molar-refractivity contribution in [2.45, 2.75) is 6.92 Å². The fourth-order valence-corrected chi connectivity index (χ4v) is 1.86. The number of aromatic amines is 1. The Hall–Kier alpha value is -2.03. The van der Waals surface area contributed by atoms with E-state index in [1.807, 2.05) is 37.4 Å². The minimum atomic E-state index is 0.859. The second-order valence-electron chi connectivity index (χ2n) is 3.47. The van der Waals surface area contributed by atoms with Gasteiger partial charge < -0.3 is 9.40 Å². The summed E-state index contributed by atoms with van der Waals surface area (Å²) in [4.78, 5) is 7.36. The Morgan fingerprint density at radius 1 is 1.27 bits per heavy atom. The summed E-state index contributed by atoms with van der Waals surface area (Å²) < 4.78 is 5.66. The van der Waals surface area contributed by atoms with Crippen LogP contribution in [-0.2, 0) is 0 Å². The molecule has 0 radical (unpaired) electrons. The summed E-state index contributed by atoms with van der Waals surface area (Å²) in [5.74, 6) is 1.75. The molecule has 0 saturated heterocycles. The highest BCUT2D eigenvalue weighted by Crippen LogP contribution is 2.31. The maximum atomic E-state index is 5.66. The number of aromatic nitrogens is 2. The van der Waals surface area contributed by atoms with E-state index in [1.54, 1.807) is 6.20 Å². The summed E-state index contributed by atoms with van der Waals surface area (Å²) in [7, 11) is 0. The van der Waals surface area contributed by atoms with Crippen LogP contribution in [0.2, 0.25) is 0 Å². The maximum Gasteiger partial charge on any atom is 0.141 e. The third kappa shape index (κ3) is 1.16. The Balaban J connectivity index is 2.39. The molecule has 0 atom stereocenters. The van der Waals surface area contributed by atoms with Crippen molar-refractivity contribution in [1.82, 2.24) is 9.97 Å². The molecule has 3 nitrogen and oxygen atoms in total. The van der Waals surface area contributed by atoms with Gasteiger partial charge in [0.2, 0.25) is 0 Å². The molecule has 0 fully saturated rings. The van der Waals surface area contributed by atoms with Crippen molar-refractivity contribution in [1.29, 1.82) is 0 Å². The number of aryl methyl sites for hydroxylation is 1. The first-order valence-electron chi connectivity index (χ1n) is 4.84. The van der Waals surface area contributed by atoms with Crippen molar-refractivity contribution in [3.8, 4) is 11.4 Å². The SMILES string of the molecule is Cc1oc2ccccc2c1-c1ncc[nH]1. The normalized spacial score (nSPS) is 11.0. The van der Waals surface area contributed by atoms with E-state index in [-0.39, 0.29) is 0 Å². The molecule has 3 aromatic rings. The van der Waals surface area contributed by atoms with Gasteiger partial charge >= 0.3 is 0 Å². The standard InChI is InChI=1S/C12H10N2O/c1-8-11(12-13-6-7-14-12)9-4-2-3-5-10(9)15-8/h2-7H,1H3,(H,13,14). The van der Waals surface area contributed by atoms with Gasteiger partial charge in [-0.3, -0.25) is 0 Å². The molecule has 0 unspecified atom stereocenters. The summed E-state index contributed by atoms with van der Waals surface area (Å²) in [6, 6.07) is 7.99. The molecule has 3 heteroatoms. The first-order chi connectivity index (χ1) is 7.36. The number of nitrogens with one attached hydrogen (secondary N) is 1. The van der Waals surface area contributed by atoms with E-state index in [0.717, 1.165) is 28.1 Å². The van der Waals surface area contributed by atoms with Crippen LogP contribution in [-0.4, -0.2) is 9.97 Å². The van der Waals surface area contributed by atoms with Gasteiger partial charge in [0, 0.05) is 17.8 Å². The maximum absolute atomic E-state index is 5.66. The highest BCUT2D eigenvalue weighted by atomic mass is 16.3. The Kier molecular flexibility index (Phi) is 1.65. The molecule has 0 aliphatic heterocycles. The lowest BCUT2D eigenvalue weighted by molar-refractivity contribution is 0.579. The van der Waals surface area contributed by atoms with Crippen LogP contribution >= 0.6 is 0 Å². The van der Waals surface area contributed by atoms with Crippen molar-refractivity contribution in [2.24, 2.45) is 0 Å². The summed E-state index contributed by atoms with van der Waals surface area (Å²) in [6.45, 7) is 1.96. The van der Waals surface area contributed by atoms with Crippen molar-refractivity contribution >= 4 is 11.0 Å². The zero-order valence-electron chi connectivity index (χ0n) is 8.32. The number of nitrogens with zero attached hydrogens (tertiary/aromatic N) is 1. The minimum Gasteiger partial charge on any atom is -0.461 e. The number of imidazole rings is 1. The smallest absolute Gasteiger partial charge is 0.141 e. The quantitative estimate of drug-likeness (QED) is 0.652. The highest BCUT2D eigenvalue weighted by Gasteiger charge is 2.13. The van der Waals surface area contributed by atoms with Crippen LogP contribution in [0, 0.1) is 6.92 Å². The lowest BCUT2D eigenvalue weighted by Crippen LogP contribution is -1.80. The predicted molar refractivity (Wildman–Crippen MR) is 58.5 cm³/mol. The molecule has 0 amide bonds. The van der Waals surface area contributed by atoms with Crippen LogP contribution in [0.4, 0.5) is 0 Å². The van der Waals surface area contributed by atoms with Crippen molar-refractivity contribution in [3.63, 3.8) is 0 Å². The molecule has 0 saturated carbocycles. The van der Waals surface area contributed by atoms with Crippen LogP contribution in [0.5, 0.6) is 0 Å². The Bertz CT molecular complexity index is 593. The van der Waals surface area contributed by atoms with Gasteiger partial charge in [0.1, 0.15) is 17.2 Å². The topological polar surface area (TPSA) is 41.8 Å². The van der Waals surface area contributed by atoms with Crippen molar-refractivity contribution in [3.05, 3.63) is 42.4 Å². The molecular formula is C12H10N2O. The number of hydrogen-bond donors (Lipinski definition) is 1. The first kappa shape index (κ1) is 8.29. The van der Waals surface area contributed by atoms with E-state index >= 15 is 0 Å². The van der Waals surface area contributed by atoms with E-state index in [2.05, 4.69) is 9.97 Å². The number of benzene rings is 1. The van der Waals surface area contributed by atoms with Crippen LogP contribution < -0.4 is 0 Å². The summed E-state index contributed by atoms with van der Waals surface area (Å²) in [5.41, 5.74) is 1.96. The Labute approximate surface area is 86.8 Å². The fraction of sp³-hybridized carbons (Fsp3) is 0.0833. The monoisotopic (exact) mass is 198 g/mol. The van der Waals surface area contributed by atoms with E-state index in [0.29, 0.717) is 0 Å². The zero-order chi connectivity index (χ0) is 10.3. The van der Waals surface area contributed by atoms with Gasteiger partial charge in [-0.25, -0.2) is 4.98 Å². The number of furan rings is 1. The van der Waals surface area contributed by atoms with Gasteiger partial charge in [-0.05, 0) is 13.0 Å². The second-order valence-corrected chi connectivity index (χ2v) is 3.47. The molecule has 0 aliphatic rings. The molecule has 2 heterocycles. The van der Waals surface area contributed by atoms with E-state index < -0.39 is 0 Å². The summed E-state index contributed by atoms with van der Waals surface area (Å²) in [6.07, 6.45) is 3.56. The average molecular weight is 198 g/mol. The van der Waals surface area contributed by atoms with Gasteiger partial charge in [-0.1, -0.05) is 18.2 Å². The number of fused-ring (bicyclic) bond motifs is 1. The molecule has 74 valence electrons. The first-order valence-corrected chi connectivity index (χ1v) is 4.84. The second kappa shape index (κ2) is 2.98. The van der Waals surface area contributed by atoms with Gasteiger partial charge in [-0.15, -0.1) is 0 Å². The number of hydrogen-bond acceptors (Lipinski definition) is 2. The van der Waals surface area contributed by atoms with Gasteiger partial charge in [0.25, 0.3) is 0 Å². The fourth-order valence-electron chi connectivity index (χ4n) is 1.86. The molecule has 3 rings (SSSR count). The summed E-state index contributed by atoms with van der Waals surface area (Å²) >= 11 is 0. The van der Waals surface area contributed by atoms with Crippen LogP contribution in [0.1, 0.15) is 5.76 Å². The van der Waals surface area contributed by atoms with Crippen molar-refractivity contribution in [2.75, 3.05) is 0 Å². The third-order valence-corrected chi connectivity index (χ3v) is 2.51. The molecule has 0 bridgehead atoms. The number of rotatable bonds is 1. The molecule has 1 aromatic carbocycles. The average Bonchev–Trinajstić information content (AvgIpc) is 2.82. The van der Waals surface area contributed by atoms with Gasteiger partial charge in [-0.2, -0.15) is 0 Å². The van der Waals surface area contributed by atoms with E-state index in [4.69, 9.17) is 4.42 Å². The Morgan fingerprint density at radius 3 is 2.93 bits per heavy atom. The van der Waals surface area contributed by atoms with Crippen LogP contribution in [0.15, 0.2) is 41.1 Å². The lowest BCUT2D eigenvalue weighted by atomic mass is 10.1. The Morgan fingerprint density at radius 2 is 2.13 bits per heavy atom. The zero-order valence-corrected chi connectivity index (χ0v) is 8.32. The molecule has 1 N–H and O–H groups in total. The highest BCUT2D eigenvalue weighted by molar-refractivity contribution is 5.93. The van der Waals surface area contributed by atoms with Gasteiger partial charge in [0.15, 0.2) is 0 Å². The molecular weight excluding hydrogens is 188 g/mol. The van der Waals surface area contributed by atoms with Crippen LogP contribution in [0.3, 0.4) is 0 Å². The van der Waals surface area contributed by atoms with Crippen LogP contribution in [0.25, 0.3) is 22.4 Å². The van der Waals surface area contributed by atoms with E-state index in [9.17, 15) is 0 Å². The predicted octanol–water partition coefficient (Wildman–Crippen LogP) is 3.13.